The van der Waals surface area contributed by atoms with Gasteiger partial charge in [0.05, 0.1) is 10.9 Å². The number of H-pyrrole nitrogens is 1. The third kappa shape index (κ3) is 5.34. The molecule has 0 saturated heterocycles. The van der Waals surface area contributed by atoms with Crippen molar-refractivity contribution in [2.24, 2.45) is 0 Å². The fourth-order valence-corrected chi connectivity index (χ4v) is 4.36. The Kier molecular flexibility index (Phi) is 7.61. The minimum atomic E-state index is -0.105. The fourth-order valence-electron chi connectivity index (χ4n) is 4.07. The van der Waals surface area contributed by atoms with E-state index in [1.165, 1.54) is 25.7 Å². The Morgan fingerprint density at radius 2 is 1.90 bits per heavy atom. The van der Waals surface area contributed by atoms with E-state index >= 15 is 0 Å². The Balaban J connectivity index is 1.81. The minimum absolute atomic E-state index is 0.0798. The van der Waals surface area contributed by atoms with Gasteiger partial charge in [-0.05, 0) is 56.3 Å². The zero-order valence-corrected chi connectivity index (χ0v) is 18.3. The van der Waals surface area contributed by atoms with Gasteiger partial charge < -0.3 is 15.2 Å². The summed E-state index contributed by atoms with van der Waals surface area (Å²) in [6.45, 7) is 7.42. The third-order valence-corrected chi connectivity index (χ3v) is 6.29. The molecule has 0 atom stereocenters. The molecule has 1 amide bonds. The fraction of sp³-hybridized carbons (Fsp3) is 0.591. The summed E-state index contributed by atoms with van der Waals surface area (Å²) < 4.78 is 2.01. The first-order chi connectivity index (χ1) is 14.0. The Labute approximate surface area is 177 Å². The normalized spacial score (nSPS) is 15.6. The Morgan fingerprint density at radius 3 is 2.55 bits per heavy atom. The van der Waals surface area contributed by atoms with Gasteiger partial charge in [0.25, 0.3) is 11.5 Å². The molecule has 2 aromatic rings. The summed E-state index contributed by atoms with van der Waals surface area (Å²) in [5.74, 6) is -0.0798. The van der Waals surface area contributed by atoms with Gasteiger partial charge in [0.1, 0.15) is 0 Å². The van der Waals surface area contributed by atoms with Crippen molar-refractivity contribution in [2.75, 3.05) is 19.6 Å². The van der Waals surface area contributed by atoms with Crippen molar-refractivity contribution in [3.63, 3.8) is 0 Å². The van der Waals surface area contributed by atoms with Gasteiger partial charge in [-0.3, -0.25) is 14.2 Å². The predicted octanol–water partition coefficient (Wildman–Crippen LogP) is 3.85. The number of fused-ring (bicyclic) bond motifs is 1. The second-order valence-electron chi connectivity index (χ2n) is 7.84. The van der Waals surface area contributed by atoms with Crippen molar-refractivity contribution in [1.82, 2.24) is 19.8 Å². The summed E-state index contributed by atoms with van der Waals surface area (Å²) in [4.78, 5) is 31.0. The smallest absolute Gasteiger partial charge is 0.262 e. The van der Waals surface area contributed by atoms with E-state index in [-0.39, 0.29) is 17.5 Å². The van der Waals surface area contributed by atoms with E-state index in [1.54, 1.807) is 22.8 Å². The quantitative estimate of drug-likeness (QED) is 0.531. The number of rotatable bonds is 7. The van der Waals surface area contributed by atoms with Crippen molar-refractivity contribution >= 4 is 29.0 Å². The number of nitrogens with zero attached hydrogens (tertiary/aromatic N) is 2. The second kappa shape index (κ2) is 10.2. The lowest BCUT2D eigenvalue weighted by atomic mass is 10.1. The lowest BCUT2D eigenvalue weighted by molar-refractivity contribution is 0.0933. The molecular weight excluding hydrogens is 384 g/mol. The molecule has 0 radical (unpaired) electrons. The van der Waals surface area contributed by atoms with E-state index in [0.29, 0.717) is 27.8 Å². The molecule has 1 aromatic carbocycles. The van der Waals surface area contributed by atoms with Gasteiger partial charge in [0.15, 0.2) is 4.77 Å². The maximum absolute atomic E-state index is 12.9. The zero-order chi connectivity index (χ0) is 20.8. The number of aromatic nitrogens is 2. The molecule has 1 heterocycles. The summed E-state index contributed by atoms with van der Waals surface area (Å²) >= 11 is 5.43. The first kappa shape index (κ1) is 21.7. The van der Waals surface area contributed by atoms with Crippen LogP contribution in [-0.2, 0) is 6.54 Å². The lowest BCUT2D eigenvalue weighted by Gasteiger charge is -2.19. The summed E-state index contributed by atoms with van der Waals surface area (Å²) in [5.41, 5.74) is 1.08. The molecule has 0 bridgehead atoms. The SMILES string of the molecule is CCN(CC)CCn1c(=S)[nH]c2cc(C(=O)NC3CCCCCC3)ccc2c1=O. The van der Waals surface area contributed by atoms with Crippen LogP contribution in [0.15, 0.2) is 23.0 Å². The molecule has 0 aliphatic heterocycles. The molecule has 158 valence electrons. The predicted molar refractivity (Wildman–Crippen MR) is 120 cm³/mol. The van der Waals surface area contributed by atoms with E-state index in [0.717, 1.165) is 32.5 Å². The Hall–Kier alpha value is -1.99. The van der Waals surface area contributed by atoms with Crippen molar-refractivity contribution in [3.8, 4) is 0 Å². The Morgan fingerprint density at radius 1 is 1.21 bits per heavy atom. The summed E-state index contributed by atoms with van der Waals surface area (Å²) in [5, 5.41) is 3.72. The highest BCUT2D eigenvalue weighted by Crippen LogP contribution is 2.18. The van der Waals surface area contributed by atoms with Crippen molar-refractivity contribution < 1.29 is 4.79 Å². The van der Waals surface area contributed by atoms with E-state index < -0.39 is 0 Å². The van der Waals surface area contributed by atoms with Crippen LogP contribution >= 0.6 is 12.2 Å². The summed E-state index contributed by atoms with van der Waals surface area (Å²) in [7, 11) is 0. The molecule has 6 nitrogen and oxygen atoms in total. The first-order valence-electron chi connectivity index (χ1n) is 10.8. The van der Waals surface area contributed by atoms with E-state index in [4.69, 9.17) is 12.2 Å². The minimum Gasteiger partial charge on any atom is -0.349 e. The third-order valence-electron chi connectivity index (χ3n) is 5.97. The van der Waals surface area contributed by atoms with E-state index in [1.807, 2.05) is 0 Å². The number of likely N-dealkylation sites (N-methyl/N-ethyl adjacent to an activating group) is 1. The molecule has 1 aliphatic rings. The highest BCUT2D eigenvalue weighted by molar-refractivity contribution is 7.71. The molecule has 7 heteroatoms. The number of nitrogens with one attached hydrogen (secondary N) is 2. The maximum atomic E-state index is 12.9. The number of hydrogen-bond donors (Lipinski definition) is 2. The van der Waals surface area contributed by atoms with Crippen LogP contribution < -0.4 is 10.9 Å². The van der Waals surface area contributed by atoms with Crippen LogP contribution in [0.2, 0.25) is 0 Å². The van der Waals surface area contributed by atoms with Crippen LogP contribution in [0.3, 0.4) is 0 Å². The monoisotopic (exact) mass is 416 g/mol. The van der Waals surface area contributed by atoms with Crippen LogP contribution in [0, 0.1) is 4.77 Å². The molecule has 0 unspecified atom stereocenters. The molecule has 1 aliphatic carbocycles. The van der Waals surface area contributed by atoms with Gasteiger partial charge in [-0.1, -0.05) is 39.5 Å². The maximum Gasteiger partial charge on any atom is 0.262 e. The number of aromatic amines is 1. The Bertz CT molecular complexity index is 953. The van der Waals surface area contributed by atoms with Crippen LogP contribution in [0.1, 0.15) is 62.7 Å². The number of hydrogen-bond acceptors (Lipinski definition) is 4. The molecule has 1 fully saturated rings. The van der Waals surface area contributed by atoms with Crippen LogP contribution in [-0.4, -0.2) is 46.0 Å². The lowest BCUT2D eigenvalue weighted by Crippen LogP contribution is -2.34. The van der Waals surface area contributed by atoms with E-state index in [2.05, 4.69) is 29.0 Å². The van der Waals surface area contributed by atoms with Gasteiger partial charge in [-0.15, -0.1) is 0 Å². The van der Waals surface area contributed by atoms with Gasteiger partial charge in [0.2, 0.25) is 0 Å². The van der Waals surface area contributed by atoms with Gasteiger partial charge >= 0.3 is 0 Å². The second-order valence-corrected chi connectivity index (χ2v) is 8.22. The summed E-state index contributed by atoms with van der Waals surface area (Å²) in [6, 6.07) is 5.46. The highest BCUT2D eigenvalue weighted by Gasteiger charge is 2.17. The number of carbonyl (C=O) groups excluding carboxylic acids is 1. The molecule has 29 heavy (non-hydrogen) atoms. The van der Waals surface area contributed by atoms with Crippen molar-refractivity contribution in [1.29, 1.82) is 0 Å². The standard InChI is InChI=1S/C22H32N4O2S/c1-3-25(4-2)13-14-26-21(28)18-12-11-16(15-19(18)24-22(26)29)20(27)23-17-9-7-5-6-8-10-17/h11-12,15,17H,3-10,13-14H2,1-2H3,(H,23,27)(H,24,29). The molecule has 0 spiro atoms. The van der Waals surface area contributed by atoms with Crippen molar-refractivity contribution in [3.05, 3.63) is 38.9 Å². The average Bonchev–Trinajstić information content (AvgIpc) is 2.99. The number of carbonyl (C=O) groups is 1. The largest absolute Gasteiger partial charge is 0.349 e. The zero-order valence-electron chi connectivity index (χ0n) is 17.5. The summed E-state index contributed by atoms with van der Waals surface area (Å²) in [6.07, 6.45) is 6.92. The van der Waals surface area contributed by atoms with Gasteiger partial charge in [-0.25, -0.2) is 0 Å². The van der Waals surface area contributed by atoms with Crippen molar-refractivity contribution in [2.45, 2.75) is 65.0 Å². The first-order valence-corrected chi connectivity index (χ1v) is 11.2. The topological polar surface area (TPSA) is 70.1 Å². The van der Waals surface area contributed by atoms with Crippen LogP contribution in [0.5, 0.6) is 0 Å². The van der Waals surface area contributed by atoms with Gasteiger partial charge in [0, 0.05) is 24.7 Å². The van der Waals surface area contributed by atoms with Crippen LogP contribution in [0.25, 0.3) is 10.9 Å². The number of benzene rings is 1. The molecular formula is C22H32N4O2S. The average molecular weight is 417 g/mol. The van der Waals surface area contributed by atoms with Crippen LogP contribution in [0.4, 0.5) is 0 Å². The van der Waals surface area contributed by atoms with E-state index in [9.17, 15) is 9.59 Å². The molecule has 1 aromatic heterocycles. The molecule has 1 saturated carbocycles. The molecule has 2 N–H and O–H groups in total. The molecule has 3 rings (SSSR count). The number of amides is 1. The van der Waals surface area contributed by atoms with Gasteiger partial charge in [-0.2, -0.15) is 0 Å². The highest BCUT2D eigenvalue weighted by atomic mass is 32.1.